The summed E-state index contributed by atoms with van der Waals surface area (Å²) in [5, 5.41) is 2.96. The molecule has 3 rings (SSSR count). The van der Waals surface area contributed by atoms with E-state index in [2.05, 4.69) is 43.1 Å². The van der Waals surface area contributed by atoms with Gasteiger partial charge in [-0.05, 0) is 44.0 Å². The number of carbonyl (C=O) groups is 1. The molecule has 2 aromatic carbocycles. The molecule has 1 N–H and O–H groups in total. The topological polar surface area (TPSA) is 35.6 Å². The van der Waals surface area contributed by atoms with Crippen molar-refractivity contribution in [2.75, 3.05) is 36.4 Å². The van der Waals surface area contributed by atoms with Crippen molar-refractivity contribution in [1.29, 1.82) is 0 Å². The van der Waals surface area contributed by atoms with Gasteiger partial charge in [0, 0.05) is 37.6 Å². The lowest BCUT2D eigenvalue weighted by atomic mass is 10.0. The summed E-state index contributed by atoms with van der Waals surface area (Å²) >= 11 is 0. The van der Waals surface area contributed by atoms with Gasteiger partial charge in [-0.25, -0.2) is 4.79 Å². The lowest BCUT2D eigenvalue weighted by Gasteiger charge is -2.37. The number of carbonyl (C=O) groups excluding carboxylic acids is 1. The van der Waals surface area contributed by atoms with Gasteiger partial charge in [0.05, 0.1) is 0 Å². The Morgan fingerprint density at radius 3 is 2.08 bits per heavy atom. The summed E-state index contributed by atoms with van der Waals surface area (Å²) in [6.07, 6.45) is 0. The third-order valence-electron chi connectivity index (χ3n) is 4.54. The molecule has 1 aliphatic rings. The lowest BCUT2D eigenvalue weighted by molar-refractivity contribution is 0.208. The van der Waals surface area contributed by atoms with E-state index >= 15 is 0 Å². The Kier molecular flexibility index (Phi) is 4.74. The molecule has 126 valence electrons. The second kappa shape index (κ2) is 6.95. The third-order valence-corrected chi connectivity index (χ3v) is 4.54. The maximum atomic E-state index is 12.4. The van der Waals surface area contributed by atoms with Crippen LogP contribution in [0.3, 0.4) is 0 Å². The Morgan fingerprint density at radius 1 is 0.917 bits per heavy atom. The van der Waals surface area contributed by atoms with Crippen molar-refractivity contribution in [3.63, 3.8) is 0 Å². The van der Waals surface area contributed by atoms with E-state index in [1.165, 1.54) is 22.4 Å². The number of nitrogens with one attached hydrogen (secondary N) is 1. The van der Waals surface area contributed by atoms with Gasteiger partial charge in [-0.2, -0.15) is 0 Å². The number of hydrogen-bond acceptors (Lipinski definition) is 2. The van der Waals surface area contributed by atoms with Gasteiger partial charge in [0.15, 0.2) is 0 Å². The maximum absolute atomic E-state index is 12.4. The smallest absolute Gasteiger partial charge is 0.321 e. The fourth-order valence-electron chi connectivity index (χ4n) is 3.53. The molecule has 4 nitrogen and oxygen atoms in total. The van der Waals surface area contributed by atoms with Crippen LogP contribution in [0.2, 0.25) is 0 Å². The van der Waals surface area contributed by atoms with Crippen LogP contribution in [0.15, 0.2) is 42.5 Å². The first kappa shape index (κ1) is 16.4. The molecule has 0 spiro atoms. The maximum Gasteiger partial charge on any atom is 0.321 e. The van der Waals surface area contributed by atoms with Crippen molar-refractivity contribution in [3.05, 3.63) is 59.2 Å². The van der Waals surface area contributed by atoms with E-state index in [0.29, 0.717) is 0 Å². The second-order valence-corrected chi connectivity index (χ2v) is 6.52. The highest BCUT2D eigenvalue weighted by Crippen LogP contribution is 2.27. The molecule has 0 bridgehead atoms. The Bertz CT molecular complexity index is 696. The number of benzene rings is 2. The summed E-state index contributed by atoms with van der Waals surface area (Å²) in [6, 6.07) is 14.1. The van der Waals surface area contributed by atoms with Crippen LogP contribution in [-0.2, 0) is 0 Å². The molecule has 0 atom stereocenters. The molecule has 0 aromatic heterocycles. The van der Waals surface area contributed by atoms with E-state index in [9.17, 15) is 4.79 Å². The number of aryl methyl sites for hydroxylation is 3. The van der Waals surface area contributed by atoms with Gasteiger partial charge in [-0.3, -0.25) is 0 Å². The Morgan fingerprint density at radius 2 is 1.50 bits per heavy atom. The van der Waals surface area contributed by atoms with Crippen molar-refractivity contribution in [2.45, 2.75) is 20.8 Å². The van der Waals surface area contributed by atoms with Crippen LogP contribution in [-0.4, -0.2) is 37.1 Å². The number of hydrogen-bond donors (Lipinski definition) is 1. The number of rotatable bonds is 2. The van der Waals surface area contributed by atoms with Gasteiger partial charge in [0.2, 0.25) is 0 Å². The number of nitrogens with zero attached hydrogens (tertiary/aromatic N) is 2. The number of amides is 2. The number of para-hydroxylation sites is 1. The zero-order chi connectivity index (χ0) is 17.1. The average Bonchev–Trinajstić information content (AvgIpc) is 2.55. The van der Waals surface area contributed by atoms with Crippen molar-refractivity contribution in [2.24, 2.45) is 0 Å². The predicted octanol–water partition coefficient (Wildman–Crippen LogP) is 3.97. The van der Waals surface area contributed by atoms with Crippen LogP contribution in [0, 0.1) is 20.8 Å². The first-order valence-corrected chi connectivity index (χ1v) is 8.48. The molecule has 2 amide bonds. The minimum atomic E-state index is -0.0156. The zero-order valence-electron chi connectivity index (χ0n) is 14.7. The Hall–Kier alpha value is -2.49. The van der Waals surface area contributed by atoms with Crippen LogP contribution in [0.25, 0.3) is 0 Å². The monoisotopic (exact) mass is 323 g/mol. The van der Waals surface area contributed by atoms with Crippen LogP contribution in [0.1, 0.15) is 16.7 Å². The predicted molar refractivity (Wildman–Crippen MR) is 99.9 cm³/mol. The molecular weight excluding hydrogens is 298 g/mol. The lowest BCUT2D eigenvalue weighted by Crippen LogP contribution is -2.50. The van der Waals surface area contributed by atoms with Crippen LogP contribution < -0.4 is 10.2 Å². The average molecular weight is 323 g/mol. The van der Waals surface area contributed by atoms with E-state index in [4.69, 9.17) is 0 Å². The van der Waals surface area contributed by atoms with E-state index in [1.54, 1.807) is 0 Å². The van der Waals surface area contributed by atoms with Crippen LogP contribution in [0.4, 0.5) is 16.2 Å². The summed E-state index contributed by atoms with van der Waals surface area (Å²) in [6.45, 7) is 9.69. The molecule has 24 heavy (non-hydrogen) atoms. The molecule has 0 aliphatic carbocycles. The van der Waals surface area contributed by atoms with Crippen molar-refractivity contribution >= 4 is 17.4 Å². The highest BCUT2D eigenvalue weighted by molar-refractivity contribution is 5.89. The molecule has 0 unspecified atom stereocenters. The minimum Gasteiger partial charge on any atom is -0.368 e. The fourth-order valence-corrected chi connectivity index (χ4v) is 3.53. The highest BCUT2D eigenvalue weighted by atomic mass is 16.2. The van der Waals surface area contributed by atoms with Gasteiger partial charge in [-0.1, -0.05) is 35.9 Å². The molecule has 0 radical (unpaired) electrons. The number of piperazine rings is 1. The van der Waals surface area contributed by atoms with E-state index in [0.717, 1.165) is 31.9 Å². The molecule has 4 heteroatoms. The molecule has 1 fully saturated rings. The highest BCUT2D eigenvalue weighted by Gasteiger charge is 2.23. The van der Waals surface area contributed by atoms with Crippen molar-refractivity contribution in [3.8, 4) is 0 Å². The zero-order valence-corrected chi connectivity index (χ0v) is 14.7. The Balaban J connectivity index is 1.63. The largest absolute Gasteiger partial charge is 0.368 e. The summed E-state index contributed by atoms with van der Waals surface area (Å²) in [5.74, 6) is 0. The normalized spacial score (nSPS) is 14.6. The quantitative estimate of drug-likeness (QED) is 0.908. The minimum absolute atomic E-state index is 0.0156. The van der Waals surface area contributed by atoms with Crippen LogP contribution in [0.5, 0.6) is 0 Å². The number of urea groups is 1. The molecule has 0 saturated carbocycles. The molecule has 1 heterocycles. The molecule has 1 aliphatic heterocycles. The van der Waals surface area contributed by atoms with E-state index in [1.807, 2.05) is 35.2 Å². The first-order valence-electron chi connectivity index (χ1n) is 8.48. The number of anilines is 2. The van der Waals surface area contributed by atoms with Gasteiger partial charge < -0.3 is 15.1 Å². The first-order chi connectivity index (χ1) is 11.5. The van der Waals surface area contributed by atoms with Crippen LogP contribution >= 0.6 is 0 Å². The van der Waals surface area contributed by atoms with Gasteiger partial charge >= 0.3 is 6.03 Å². The summed E-state index contributed by atoms with van der Waals surface area (Å²) in [7, 11) is 0. The van der Waals surface area contributed by atoms with Crippen molar-refractivity contribution in [1.82, 2.24) is 4.90 Å². The standard InChI is InChI=1S/C20H25N3O/c1-15-13-16(2)19(17(3)14-15)22-9-11-23(12-10-22)20(24)21-18-7-5-4-6-8-18/h4-8,13-14H,9-12H2,1-3H3,(H,21,24). The summed E-state index contributed by atoms with van der Waals surface area (Å²) in [5.41, 5.74) is 6.10. The van der Waals surface area contributed by atoms with E-state index in [-0.39, 0.29) is 6.03 Å². The van der Waals surface area contributed by atoms with Gasteiger partial charge in [-0.15, -0.1) is 0 Å². The van der Waals surface area contributed by atoms with Crippen molar-refractivity contribution < 1.29 is 4.79 Å². The SMILES string of the molecule is Cc1cc(C)c(N2CCN(C(=O)Nc3ccccc3)CC2)c(C)c1. The fraction of sp³-hybridized carbons (Fsp3) is 0.350. The molecular formula is C20H25N3O. The van der Waals surface area contributed by atoms with Gasteiger partial charge in [0.25, 0.3) is 0 Å². The summed E-state index contributed by atoms with van der Waals surface area (Å²) < 4.78 is 0. The Labute approximate surface area is 144 Å². The van der Waals surface area contributed by atoms with E-state index < -0.39 is 0 Å². The molecule has 2 aromatic rings. The molecule has 1 saturated heterocycles. The third kappa shape index (κ3) is 3.53. The second-order valence-electron chi connectivity index (χ2n) is 6.52. The van der Waals surface area contributed by atoms with Gasteiger partial charge in [0.1, 0.15) is 0 Å². The summed E-state index contributed by atoms with van der Waals surface area (Å²) in [4.78, 5) is 16.7.